The number of hydrogen-bond donors (Lipinski definition) is 2. The second-order valence-corrected chi connectivity index (χ2v) is 5.62. The molecule has 1 saturated heterocycles. The lowest BCUT2D eigenvalue weighted by Crippen LogP contribution is -2.51. The van der Waals surface area contributed by atoms with Crippen LogP contribution in [0, 0.1) is 5.92 Å². The van der Waals surface area contributed by atoms with Crippen molar-refractivity contribution in [3.8, 4) is 0 Å². The number of hydrogen-bond acceptors (Lipinski definition) is 4. The zero-order chi connectivity index (χ0) is 14.8. The Kier molecular flexibility index (Phi) is 3.79. The predicted octanol–water partition coefficient (Wildman–Crippen LogP) is 1.43. The van der Waals surface area contributed by atoms with Crippen molar-refractivity contribution >= 4 is 34.9 Å². The summed E-state index contributed by atoms with van der Waals surface area (Å²) < 4.78 is 0. The molecule has 0 spiro atoms. The summed E-state index contributed by atoms with van der Waals surface area (Å²) in [5.41, 5.74) is 3.15. The Labute approximate surface area is 127 Å². The van der Waals surface area contributed by atoms with E-state index in [1.54, 1.807) is 24.3 Å². The molecule has 1 aromatic carbocycles. The number of nitrogens with one attached hydrogen (secondary N) is 2. The molecule has 0 radical (unpaired) electrons. The second-order valence-electron chi connectivity index (χ2n) is 5.18. The van der Waals surface area contributed by atoms with Crippen molar-refractivity contribution in [2.24, 2.45) is 11.0 Å². The van der Waals surface area contributed by atoms with Crippen LogP contribution in [0.2, 0.25) is 5.02 Å². The van der Waals surface area contributed by atoms with Crippen LogP contribution in [0.4, 0.5) is 5.69 Å². The first kappa shape index (κ1) is 13.9. The van der Waals surface area contributed by atoms with Gasteiger partial charge in [-0.1, -0.05) is 17.7 Å². The summed E-state index contributed by atoms with van der Waals surface area (Å²) >= 11 is 5.90. The maximum atomic E-state index is 12.3. The van der Waals surface area contributed by atoms with E-state index in [9.17, 15) is 9.59 Å². The summed E-state index contributed by atoms with van der Waals surface area (Å²) in [5, 5.41) is 7.47. The van der Waals surface area contributed by atoms with Gasteiger partial charge >= 0.3 is 0 Å². The van der Waals surface area contributed by atoms with Crippen LogP contribution in [0.5, 0.6) is 0 Å². The molecule has 2 N–H and O–H groups in total. The van der Waals surface area contributed by atoms with E-state index in [1.807, 2.05) is 4.90 Å². The van der Waals surface area contributed by atoms with Gasteiger partial charge in [-0.25, -0.2) is 5.43 Å². The van der Waals surface area contributed by atoms with Crippen LogP contribution in [0.3, 0.4) is 0 Å². The fourth-order valence-electron chi connectivity index (χ4n) is 2.57. The number of hydrazone groups is 1. The number of carbonyl (C=O) groups excluding carboxylic acids is 2. The molecule has 0 aromatic heterocycles. The summed E-state index contributed by atoms with van der Waals surface area (Å²) in [4.78, 5) is 25.5. The first-order valence-electron chi connectivity index (χ1n) is 6.78. The minimum atomic E-state index is -0.158. The van der Waals surface area contributed by atoms with Crippen molar-refractivity contribution in [1.29, 1.82) is 0 Å². The molecule has 0 aliphatic carbocycles. The third-order valence-electron chi connectivity index (χ3n) is 3.63. The van der Waals surface area contributed by atoms with Gasteiger partial charge in [-0.05, 0) is 24.6 Å². The second kappa shape index (κ2) is 5.73. The van der Waals surface area contributed by atoms with Gasteiger partial charge in [-0.2, -0.15) is 5.10 Å². The van der Waals surface area contributed by atoms with E-state index < -0.39 is 0 Å². The Morgan fingerprint density at radius 2 is 2.33 bits per heavy atom. The number of anilines is 1. The third-order valence-corrected chi connectivity index (χ3v) is 3.86. The van der Waals surface area contributed by atoms with Crippen LogP contribution in [-0.4, -0.2) is 35.6 Å². The molecule has 3 rings (SSSR count). The molecule has 2 aliphatic rings. The summed E-state index contributed by atoms with van der Waals surface area (Å²) in [5.74, 6) is 0.493. The maximum Gasteiger partial charge on any atom is 0.259 e. The molecule has 0 saturated carbocycles. The van der Waals surface area contributed by atoms with Crippen molar-refractivity contribution in [2.45, 2.75) is 12.8 Å². The zero-order valence-electron chi connectivity index (χ0n) is 11.3. The Morgan fingerprint density at radius 1 is 1.48 bits per heavy atom. The van der Waals surface area contributed by atoms with Crippen molar-refractivity contribution in [3.05, 3.63) is 29.3 Å². The molecule has 2 aliphatic heterocycles. The Morgan fingerprint density at radius 3 is 3.14 bits per heavy atom. The molecule has 1 atom stereocenters. The molecular formula is C14H15ClN4O2. The smallest absolute Gasteiger partial charge is 0.259 e. The lowest BCUT2D eigenvalue weighted by atomic mass is 9.96. The number of rotatable bonds is 2. The molecule has 2 amide bonds. The van der Waals surface area contributed by atoms with Gasteiger partial charge < -0.3 is 10.2 Å². The SMILES string of the molecule is O=C1CN2CC(C(=O)Nc3cccc(Cl)c3)CCC2=NN1. The van der Waals surface area contributed by atoms with Gasteiger partial charge in [0.05, 0.1) is 12.5 Å². The number of nitrogens with zero attached hydrogens (tertiary/aromatic N) is 2. The van der Waals surface area contributed by atoms with E-state index in [0.29, 0.717) is 23.7 Å². The molecule has 21 heavy (non-hydrogen) atoms. The van der Waals surface area contributed by atoms with Crippen molar-refractivity contribution in [1.82, 2.24) is 10.3 Å². The lowest BCUT2D eigenvalue weighted by molar-refractivity contribution is -0.124. The van der Waals surface area contributed by atoms with Gasteiger partial charge in [0.25, 0.3) is 5.91 Å². The van der Waals surface area contributed by atoms with Crippen molar-refractivity contribution in [2.75, 3.05) is 18.4 Å². The predicted molar refractivity (Wildman–Crippen MR) is 80.0 cm³/mol. The molecule has 1 unspecified atom stereocenters. The maximum absolute atomic E-state index is 12.3. The average molecular weight is 307 g/mol. The molecule has 6 nitrogen and oxygen atoms in total. The molecule has 2 heterocycles. The van der Waals surface area contributed by atoms with Gasteiger partial charge in [-0.15, -0.1) is 0 Å². The van der Waals surface area contributed by atoms with E-state index in [-0.39, 0.29) is 24.3 Å². The highest BCUT2D eigenvalue weighted by molar-refractivity contribution is 6.30. The summed E-state index contributed by atoms with van der Waals surface area (Å²) in [6.45, 7) is 0.776. The van der Waals surface area contributed by atoms with Crippen LogP contribution in [0.25, 0.3) is 0 Å². The summed E-state index contributed by atoms with van der Waals surface area (Å²) in [6, 6.07) is 7.06. The number of benzene rings is 1. The van der Waals surface area contributed by atoms with Crippen LogP contribution in [-0.2, 0) is 9.59 Å². The summed E-state index contributed by atoms with van der Waals surface area (Å²) in [7, 11) is 0. The topological polar surface area (TPSA) is 73.8 Å². The van der Waals surface area contributed by atoms with Crippen molar-refractivity contribution in [3.63, 3.8) is 0 Å². The minimum Gasteiger partial charge on any atom is -0.348 e. The van der Waals surface area contributed by atoms with E-state index in [2.05, 4.69) is 15.8 Å². The van der Waals surface area contributed by atoms with Crippen molar-refractivity contribution < 1.29 is 9.59 Å². The number of amidine groups is 1. The molecule has 1 fully saturated rings. The number of carbonyl (C=O) groups is 2. The molecule has 110 valence electrons. The zero-order valence-corrected chi connectivity index (χ0v) is 12.1. The molecule has 1 aromatic rings. The number of piperidine rings is 1. The fraction of sp³-hybridized carbons (Fsp3) is 0.357. The first-order chi connectivity index (χ1) is 10.1. The fourth-order valence-corrected chi connectivity index (χ4v) is 2.76. The van der Waals surface area contributed by atoms with Gasteiger partial charge in [-0.3, -0.25) is 9.59 Å². The number of fused-ring (bicyclic) bond motifs is 1. The molecular weight excluding hydrogens is 292 g/mol. The quantitative estimate of drug-likeness (QED) is 0.868. The Balaban J connectivity index is 1.65. The van der Waals surface area contributed by atoms with Gasteiger partial charge in [0, 0.05) is 23.7 Å². The average Bonchev–Trinajstić information content (AvgIpc) is 2.46. The third kappa shape index (κ3) is 3.16. The lowest BCUT2D eigenvalue weighted by Gasteiger charge is -2.35. The highest BCUT2D eigenvalue weighted by Crippen LogP contribution is 2.22. The first-order valence-corrected chi connectivity index (χ1v) is 7.16. The molecule has 0 bridgehead atoms. The largest absolute Gasteiger partial charge is 0.348 e. The summed E-state index contributed by atoms with van der Waals surface area (Å²) in [6.07, 6.45) is 1.41. The Hall–Kier alpha value is -2.08. The number of amides is 2. The number of halogens is 1. The highest BCUT2D eigenvalue weighted by atomic mass is 35.5. The van der Waals surface area contributed by atoms with Gasteiger partial charge in [0.1, 0.15) is 5.84 Å². The Bertz CT molecular complexity index is 617. The van der Waals surface area contributed by atoms with Gasteiger partial charge in [0.15, 0.2) is 0 Å². The minimum absolute atomic E-state index is 0.0534. The van der Waals surface area contributed by atoms with Crippen LogP contribution in [0.1, 0.15) is 12.8 Å². The normalized spacial score (nSPS) is 21.2. The van der Waals surface area contributed by atoms with Crippen LogP contribution < -0.4 is 10.7 Å². The van der Waals surface area contributed by atoms with Gasteiger partial charge in [0.2, 0.25) is 5.91 Å². The van der Waals surface area contributed by atoms with E-state index in [4.69, 9.17) is 11.6 Å². The van der Waals surface area contributed by atoms with Crippen LogP contribution in [0.15, 0.2) is 29.4 Å². The van der Waals surface area contributed by atoms with Crippen LogP contribution >= 0.6 is 11.6 Å². The monoisotopic (exact) mass is 306 g/mol. The van der Waals surface area contributed by atoms with E-state index >= 15 is 0 Å². The highest BCUT2D eigenvalue weighted by Gasteiger charge is 2.32. The van der Waals surface area contributed by atoms with E-state index in [0.717, 1.165) is 12.3 Å². The standard InChI is InChI=1S/C14H15ClN4O2/c15-10-2-1-3-11(6-10)16-14(21)9-4-5-12-17-18-13(20)8-19(12)7-9/h1-3,6,9H,4-5,7-8H2,(H,16,21)(H,18,20). The van der Waals surface area contributed by atoms with E-state index in [1.165, 1.54) is 0 Å². The molecule has 7 heteroatoms.